The highest BCUT2D eigenvalue weighted by molar-refractivity contribution is 5.70. The molecule has 2 aliphatic carbocycles. The van der Waals surface area contributed by atoms with Crippen LogP contribution >= 0.6 is 0 Å². The zero-order chi connectivity index (χ0) is 16.7. The van der Waals surface area contributed by atoms with Crippen LogP contribution in [-0.4, -0.2) is 11.1 Å². The van der Waals surface area contributed by atoms with Crippen molar-refractivity contribution in [2.45, 2.75) is 84.0 Å². The third kappa shape index (κ3) is 5.65. The van der Waals surface area contributed by atoms with Crippen LogP contribution < -0.4 is 0 Å². The van der Waals surface area contributed by atoms with Crippen LogP contribution in [0.15, 0.2) is 12.7 Å². The number of rotatable bonds is 8. The number of carboxylic acids is 1. The van der Waals surface area contributed by atoms with Crippen molar-refractivity contribution in [1.29, 1.82) is 0 Å². The fraction of sp³-hybridized carbons (Fsp3) is 0.857. The molecule has 1 atom stereocenters. The third-order valence-corrected chi connectivity index (χ3v) is 6.73. The number of carboxylic acid groups (broad SMARTS) is 1. The van der Waals surface area contributed by atoms with Gasteiger partial charge >= 0.3 is 5.97 Å². The first-order chi connectivity index (χ1) is 11.1. The van der Waals surface area contributed by atoms with Crippen molar-refractivity contribution < 1.29 is 9.90 Å². The number of hydrogen-bond acceptors (Lipinski definition) is 1. The summed E-state index contributed by atoms with van der Waals surface area (Å²) in [4.78, 5) is 11.4. The van der Waals surface area contributed by atoms with E-state index in [2.05, 4.69) is 13.5 Å². The highest BCUT2D eigenvalue weighted by atomic mass is 16.4. The molecule has 2 aliphatic rings. The highest BCUT2D eigenvalue weighted by Crippen LogP contribution is 2.39. The quantitative estimate of drug-likeness (QED) is 0.551. The molecule has 23 heavy (non-hydrogen) atoms. The van der Waals surface area contributed by atoms with Crippen LogP contribution in [0.4, 0.5) is 0 Å². The molecule has 0 aliphatic heterocycles. The molecule has 0 aromatic rings. The van der Waals surface area contributed by atoms with E-state index in [4.69, 9.17) is 0 Å². The van der Waals surface area contributed by atoms with Crippen molar-refractivity contribution in [3.05, 3.63) is 12.7 Å². The molecule has 2 saturated carbocycles. The van der Waals surface area contributed by atoms with E-state index in [9.17, 15) is 9.90 Å². The molecule has 2 fully saturated rings. The van der Waals surface area contributed by atoms with E-state index < -0.39 is 5.97 Å². The Morgan fingerprint density at radius 3 is 1.91 bits per heavy atom. The monoisotopic (exact) mass is 320 g/mol. The molecule has 0 saturated heterocycles. The second kappa shape index (κ2) is 9.49. The molecule has 0 bridgehead atoms. The topological polar surface area (TPSA) is 37.3 Å². The lowest BCUT2D eigenvalue weighted by molar-refractivity contribution is -0.144. The predicted molar refractivity (Wildman–Crippen MR) is 96.4 cm³/mol. The Hall–Kier alpha value is -0.790. The van der Waals surface area contributed by atoms with Gasteiger partial charge in [0.15, 0.2) is 0 Å². The molecule has 2 rings (SSSR count). The van der Waals surface area contributed by atoms with E-state index in [0.29, 0.717) is 12.3 Å². The van der Waals surface area contributed by atoms with Gasteiger partial charge in [-0.3, -0.25) is 4.79 Å². The van der Waals surface area contributed by atoms with Crippen molar-refractivity contribution in [2.24, 2.45) is 29.6 Å². The summed E-state index contributed by atoms with van der Waals surface area (Å²) in [5.74, 6) is 2.39. The fourth-order valence-corrected chi connectivity index (χ4v) is 4.95. The summed E-state index contributed by atoms with van der Waals surface area (Å²) >= 11 is 0. The number of allylic oxidation sites excluding steroid dienone is 1. The minimum absolute atomic E-state index is 0.197. The van der Waals surface area contributed by atoms with Crippen LogP contribution in [0.1, 0.15) is 84.0 Å². The first-order valence-electron chi connectivity index (χ1n) is 9.97. The normalized spacial score (nSPS) is 33.1. The number of carbonyl (C=O) groups is 1. The van der Waals surface area contributed by atoms with Crippen molar-refractivity contribution in [1.82, 2.24) is 0 Å². The average molecular weight is 321 g/mol. The zero-order valence-electron chi connectivity index (χ0n) is 15.0. The Balaban J connectivity index is 1.66. The van der Waals surface area contributed by atoms with Gasteiger partial charge in [-0.2, -0.15) is 0 Å². The second-order valence-corrected chi connectivity index (χ2v) is 8.12. The van der Waals surface area contributed by atoms with E-state index in [-0.39, 0.29) is 5.92 Å². The van der Waals surface area contributed by atoms with Crippen LogP contribution in [0, 0.1) is 29.6 Å². The zero-order valence-corrected chi connectivity index (χ0v) is 15.0. The summed E-state index contributed by atoms with van der Waals surface area (Å²) in [6.45, 7) is 6.06. The van der Waals surface area contributed by atoms with Gasteiger partial charge in [-0.1, -0.05) is 70.8 Å². The molecule has 0 aromatic carbocycles. The van der Waals surface area contributed by atoms with Crippen LogP contribution in [0.2, 0.25) is 0 Å². The highest BCUT2D eigenvalue weighted by Gasteiger charge is 2.31. The number of hydrogen-bond donors (Lipinski definition) is 1. The van der Waals surface area contributed by atoms with Gasteiger partial charge in [0.25, 0.3) is 0 Å². The molecular weight excluding hydrogens is 284 g/mol. The second-order valence-electron chi connectivity index (χ2n) is 8.12. The molecule has 1 unspecified atom stereocenters. The summed E-state index contributed by atoms with van der Waals surface area (Å²) in [6.07, 6.45) is 17.1. The Kier molecular flexibility index (Phi) is 7.65. The van der Waals surface area contributed by atoms with Crippen LogP contribution in [-0.2, 0) is 4.79 Å². The summed E-state index contributed by atoms with van der Waals surface area (Å²) in [7, 11) is 0. The lowest BCUT2D eigenvalue weighted by atomic mass is 9.72. The molecule has 2 heteroatoms. The molecule has 0 amide bonds. The summed E-state index contributed by atoms with van der Waals surface area (Å²) < 4.78 is 0. The minimum Gasteiger partial charge on any atom is -0.481 e. The van der Waals surface area contributed by atoms with Gasteiger partial charge in [-0.15, -0.1) is 6.58 Å². The maximum Gasteiger partial charge on any atom is 0.307 e. The van der Waals surface area contributed by atoms with Crippen molar-refractivity contribution in [3.8, 4) is 0 Å². The van der Waals surface area contributed by atoms with Gasteiger partial charge in [-0.25, -0.2) is 0 Å². The molecule has 2 nitrogen and oxygen atoms in total. The van der Waals surface area contributed by atoms with Crippen LogP contribution in [0.25, 0.3) is 0 Å². The number of aliphatic carboxylic acids is 1. The van der Waals surface area contributed by atoms with E-state index in [0.717, 1.165) is 30.6 Å². The standard InChI is InChI=1S/C21H36O2/c1-3-5-20(21(22)23)19-14-12-18(13-15-19)11-10-17-8-6-16(4-2)7-9-17/h3,16-20H,1,4-15H2,2H3,(H,22,23). The maximum atomic E-state index is 11.4. The Morgan fingerprint density at radius 1 is 1.00 bits per heavy atom. The molecule has 132 valence electrons. The molecule has 0 radical (unpaired) electrons. The fourth-order valence-electron chi connectivity index (χ4n) is 4.95. The predicted octanol–water partition coefficient (Wildman–Crippen LogP) is 6.07. The first-order valence-corrected chi connectivity index (χ1v) is 9.97. The summed E-state index contributed by atoms with van der Waals surface area (Å²) in [6, 6.07) is 0. The van der Waals surface area contributed by atoms with E-state index >= 15 is 0 Å². The Labute approximate surface area is 142 Å². The Morgan fingerprint density at radius 2 is 1.48 bits per heavy atom. The lowest BCUT2D eigenvalue weighted by Crippen LogP contribution is -2.27. The molecule has 0 aromatic heterocycles. The van der Waals surface area contributed by atoms with E-state index in [1.54, 1.807) is 6.08 Å². The van der Waals surface area contributed by atoms with Crippen LogP contribution in [0.5, 0.6) is 0 Å². The third-order valence-electron chi connectivity index (χ3n) is 6.73. The van der Waals surface area contributed by atoms with Gasteiger partial charge in [0.05, 0.1) is 5.92 Å². The van der Waals surface area contributed by atoms with Gasteiger partial charge in [-0.05, 0) is 42.9 Å². The van der Waals surface area contributed by atoms with Crippen molar-refractivity contribution in [2.75, 3.05) is 0 Å². The molecule has 1 N–H and O–H groups in total. The minimum atomic E-state index is -0.624. The molecule has 0 heterocycles. The summed E-state index contributed by atoms with van der Waals surface area (Å²) in [5, 5.41) is 9.39. The van der Waals surface area contributed by atoms with E-state index in [1.165, 1.54) is 57.8 Å². The van der Waals surface area contributed by atoms with Gasteiger partial charge in [0.1, 0.15) is 0 Å². The van der Waals surface area contributed by atoms with Crippen molar-refractivity contribution >= 4 is 5.97 Å². The molecular formula is C21H36O2. The lowest BCUT2D eigenvalue weighted by Gasteiger charge is -2.33. The molecule has 0 spiro atoms. The van der Waals surface area contributed by atoms with Gasteiger partial charge in [0.2, 0.25) is 0 Å². The SMILES string of the molecule is C=CCC(C(=O)O)C1CCC(CCC2CCC(CC)CC2)CC1. The smallest absolute Gasteiger partial charge is 0.307 e. The van der Waals surface area contributed by atoms with Gasteiger partial charge in [0, 0.05) is 0 Å². The maximum absolute atomic E-state index is 11.4. The Bertz CT molecular complexity index is 360. The summed E-state index contributed by atoms with van der Waals surface area (Å²) in [5.41, 5.74) is 0. The van der Waals surface area contributed by atoms with Crippen LogP contribution in [0.3, 0.4) is 0 Å². The largest absolute Gasteiger partial charge is 0.481 e. The van der Waals surface area contributed by atoms with E-state index in [1.807, 2.05) is 0 Å². The average Bonchev–Trinajstić information content (AvgIpc) is 2.58. The first kappa shape index (κ1) is 18.5. The van der Waals surface area contributed by atoms with Crippen molar-refractivity contribution in [3.63, 3.8) is 0 Å². The van der Waals surface area contributed by atoms with Gasteiger partial charge < -0.3 is 5.11 Å².